The molecule has 0 aliphatic rings. The highest BCUT2D eigenvalue weighted by atomic mass is 35.5. The molecule has 0 saturated heterocycles. The van der Waals surface area contributed by atoms with Crippen molar-refractivity contribution in [3.05, 3.63) is 40.9 Å². The fraction of sp³-hybridized carbons (Fsp3) is 0.0909. The Kier molecular flexibility index (Phi) is 3.94. The number of nitrogens with one attached hydrogen (secondary N) is 1. The van der Waals surface area contributed by atoms with Crippen LogP contribution in [0.2, 0.25) is 5.02 Å². The van der Waals surface area contributed by atoms with Crippen LogP contribution in [0.1, 0.15) is 10.5 Å². The lowest BCUT2D eigenvalue weighted by molar-refractivity contribution is -0.116. The largest absolute Gasteiger partial charge is 0.476 e. The van der Waals surface area contributed by atoms with Gasteiger partial charge < -0.3 is 10.4 Å². The molecule has 0 saturated carbocycles. The molecule has 0 aliphatic carbocycles. The van der Waals surface area contributed by atoms with Gasteiger partial charge in [-0.05, 0) is 18.2 Å². The molecular weight excluding hydrogens is 291 g/mol. The van der Waals surface area contributed by atoms with Gasteiger partial charge in [0.25, 0.3) is 0 Å². The lowest BCUT2D eigenvalue weighted by atomic mass is 10.3. The number of aromatic nitrogens is 3. The molecule has 0 fully saturated rings. The maximum Gasteiger partial charge on any atom is 0.358 e. The van der Waals surface area contributed by atoms with Crippen LogP contribution in [0.15, 0.2) is 24.4 Å². The zero-order valence-electron chi connectivity index (χ0n) is 9.88. The lowest BCUT2D eigenvalue weighted by Gasteiger charge is -2.06. The van der Waals surface area contributed by atoms with Crippen molar-refractivity contribution in [2.24, 2.45) is 0 Å². The third-order valence-corrected chi connectivity index (χ3v) is 2.60. The zero-order chi connectivity index (χ0) is 14.7. The Bertz CT molecular complexity index is 673. The molecule has 2 N–H and O–H groups in total. The van der Waals surface area contributed by atoms with Gasteiger partial charge >= 0.3 is 5.97 Å². The molecule has 1 aromatic carbocycles. The van der Waals surface area contributed by atoms with E-state index in [0.29, 0.717) is 0 Å². The van der Waals surface area contributed by atoms with Gasteiger partial charge in [-0.3, -0.25) is 4.79 Å². The molecule has 0 atom stereocenters. The highest BCUT2D eigenvalue weighted by molar-refractivity contribution is 6.33. The minimum Gasteiger partial charge on any atom is -0.476 e. The number of carbonyl (C=O) groups is 2. The number of hydrogen-bond donors (Lipinski definition) is 2. The predicted octanol–water partition coefficient (Wildman–Crippen LogP) is 1.41. The summed E-state index contributed by atoms with van der Waals surface area (Å²) in [7, 11) is 0. The first kappa shape index (κ1) is 13.9. The predicted molar refractivity (Wildman–Crippen MR) is 67.0 cm³/mol. The smallest absolute Gasteiger partial charge is 0.358 e. The standard InChI is InChI=1S/C11H8ClFN4O3/c12-7-2-1-6(13)3-8(7)14-10(18)5-17-4-9(11(19)20)15-16-17/h1-4H,5H2,(H,14,18)(H,19,20). The van der Waals surface area contributed by atoms with Crippen LogP contribution in [0, 0.1) is 5.82 Å². The molecule has 2 aromatic rings. The highest BCUT2D eigenvalue weighted by Gasteiger charge is 2.12. The van der Waals surface area contributed by atoms with Gasteiger partial charge in [0.15, 0.2) is 5.69 Å². The van der Waals surface area contributed by atoms with E-state index in [1.54, 1.807) is 0 Å². The van der Waals surface area contributed by atoms with E-state index >= 15 is 0 Å². The molecule has 0 aliphatic heterocycles. The van der Waals surface area contributed by atoms with E-state index in [1.807, 2.05) is 0 Å². The SMILES string of the molecule is O=C(Cn1cc(C(=O)O)nn1)Nc1cc(F)ccc1Cl. The van der Waals surface area contributed by atoms with Crippen molar-refractivity contribution < 1.29 is 19.1 Å². The number of carboxylic acid groups (broad SMARTS) is 1. The van der Waals surface area contributed by atoms with E-state index < -0.39 is 17.7 Å². The first-order valence-electron chi connectivity index (χ1n) is 5.34. The Morgan fingerprint density at radius 1 is 1.45 bits per heavy atom. The van der Waals surface area contributed by atoms with Crippen LogP contribution < -0.4 is 5.32 Å². The van der Waals surface area contributed by atoms with E-state index in [2.05, 4.69) is 15.6 Å². The molecule has 20 heavy (non-hydrogen) atoms. The van der Waals surface area contributed by atoms with Crippen LogP contribution in [-0.4, -0.2) is 32.0 Å². The second kappa shape index (κ2) is 5.66. The van der Waals surface area contributed by atoms with Crippen molar-refractivity contribution in [1.82, 2.24) is 15.0 Å². The topological polar surface area (TPSA) is 97.1 Å². The summed E-state index contributed by atoms with van der Waals surface area (Å²) in [6.07, 6.45) is 1.11. The molecule has 9 heteroatoms. The van der Waals surface area contributed by atoms with Crippen molar-refractivity contribution in [2.75, 3.05) is 5.32 Å². The summed E-state index contributed by atoms with van der Waals surface area (Å²) >= 11 is 5.80. The van der Waals surface area contributed by atoms with E-state index in [0.717, 1.165) is 23.0 Å². The lowest BCUT2D eigenvalue weighted by Crippen LogP contribution is -2.19. The summed E-state index contributed by atoms with van der Waals surface area (Å²) in [4.78, 5) is 22.3. The molecule has 0 unspecified atom stereocenters. The second-order valence-corrected chi connectivity index (χ2v) is 4.19. The summed E-state index contributed by atoms with van der Waals surface area (Å²) in [5.74, 6) is -2.33. The number of amides is 1. The van der Waals surface area contributed by atoms with Crippen LogP contribution in [-0.2, 0) is 11.3 Å². The van der Waals surface area contributed by atoms with E-state index in [4.69, 9.17) is 16.7 Å². The number of carbonyl (C=O) groups excluding carboxylic acids is 1. The van der Waals surface area contributed by atoms with Gasteiger partial charge in [0.2, 0.25) is 5.91 Å². The van der Waals surface area contributed by atoms with E-state index in [9.17, 15) is 14.0 Å². The number of aromatic carboxylic acids is 1. The number of benzene rings is 1. The van der Waals surface area contributed by atoms with Gasteiger partial charge in [0.05, 0.1) is 16.9 Å². The minimum atomic E-state index is -1.25. The molecule has 0 bridgehead atoms. The summed E-state index contributed by atoms with van der Waals surface area (Å²) in [5, 5.41) is 18.1. The van der Waals surface area contributed by atoms with Gasteiger partial charge in [-0.15, -0.1) is 5.10 Å². The van der Waals surface area contributed by atoms with E-state index in [-0.39, 0.29) is 22.9 Å². The van der Waals surface area contributed by atoms with Crippen molar-refractivity contribution in [3.8, 4) is 0 Å². The maximum absolute atomic E-state index is 13.0. The molecule has 7 nitrogen and oxygen atoms in total. The number of hydrogen-bond acceptors (Lipinski definition) is 4. The Morgan fingerprint density at radius 3 is 2.85 bits per heavy atom. The summed E-state index contributed by atoms with van der Waals surface area (Å²) < 4.78 is 14.1. The van der Waals surface area contributed by atoms with Crippen LogP contribution in [0.3, 0.4) is 0 Å². The molecule has 104 valence electrons. The van der Waals surface area contributed by atoms with Crippen LogP contribution in [0.4, 0.5) is 10.1 Å². The fourth-order valence-corrected chi connectivity index (χ4v) is 1.57. The van der Waals surface area contributed by atoms with Gasteiger partial charge in [-0.2, -0.15) is 0 Å². The normalized spacial score (nSPS) is 10.3. The Morgan fingerprint density at radius 2 is 2.20 bits per heavy atom. The average Bonchev–Trinajstić information content (AvgIpc) is 2.82. The summed E-state index contributed by atoms with van der Waals surface area (Å²) in [5.41, 5.74) is -0.156. The van der Waals surface area contributed by atoms with Crippen LogP contribution in [0.25, 0.3) is 0 Å². The molecule has 2 rings (SSSR count). The fourth-order valence-electron chi connectivity index (χ4n) is 1.40. The minimum absolute atomic E-state index is 0.121. The number of rotatable bonds is 4. The first-order valence-corrected chi connectivity index (χ1v) is 5.72. The van der Waals surface area contributed by atoms with E-state index in [1.165, 1.54) is 6.07 Å². The zero-order valence-corrected chi connectivity index (χ0v) is 10.6. The number of carboxylic acids is 1. The highest BCUT2D eigenvalue weighted by Crippen LogP contribution is 2.22. The Balaban J connectivity index is 2.05. The molecular formula is C11H8ClFN4O3. The monoisotopic (exact) mass is 298 g/mol. The van der Waals surface area contributed by atoms with Gasteiger partial charge in [-0.1, -0.05) is 16.8 Å². The van der Waals surface area contributed by atoms with Gasteiger partial charge in [0.1, 0.15) is 12.4 Å². The van der Waals surface area contributed by atoms with Crippen LogP contribution in [0.5, 0.6) is 0 Å². The van der Waals surface area contributed by atoms with Gasteiger partial charge in [0, 0.05) is 0 Å². The van der Waals surface area contributed by atoms with Crippen molar-refractivity contribution >= 4 is 29.2 Å². The molecule has 1 aromatic heterocycles. The number of halogens is 2. The number of anilines is 1. The Labute approximate surface area is 117 Å². The molecule has 1 amide bonds. The average molecular weight is 299 g/mol. The third-order valence-electron chi connectivity index (χ3n) is 2.27. The molecule has 0 spiro atoms. The second-order valence-electron chi connectivity index (χ2n) is 3.78. The first-order chi connectivity index (χ1) is 9.45. The third kappa shape index (κ3) is 3.29. The van der Waals surface area contributed by atoms with Crippen molar-refractivity contribution in [1.29, 1.82) is 0 Å². The van der Waals surface area contributed by atoms with Crippen molar-refractivity contribution in [2.45, 2.75) is 6.54 Å². The molecule has 1 heterocycles. The quantitative estimate of drug-likeness (QED) is 0.889. The van der Waals surface area contributed by atoms with Crippen molar-refractivity contribution in [3.63, 3.8) is 0 Å². The van der Waals surface area contributed by atoms with Gasteiger partial charge in [-0.25, -0.2) is 13.9 Å². The Hall–Kier alpha value is -2.48. The maximum atomic E-state index is 13.0. The molecule has 0 radical (unpaired) electrons. The number of nitrogens with zero attached hydrogens (tertiary/aromatic N) is 3. The summed E-state index contributed by atoms with van der Waals surface area (Å²) in [6, 6.07) is 3.54. The summed E-state index contributed by atoms with van der Waals surface area (Å²) in [6.45, 7) is -0.271. The van der Waals surface area contributed by atoms with Crippen LogP contribution >= 0.6 is 11.6 Å².